The van der Waals surface area contributed by atoms with Gasteiger partial charge in [0.2, 0.25) is 0 Å². The molecule has 0 bridgehead atoms. The molecule has 0 spiro atoms. The highest BCUT2D eigenvalue weighted by molar-refractivity contribution is 7.99. The number of carboxylic acids is 1. The molecule has 2 saturated heterocycles. The fourth-order valence-electron chi connectivity index (χ4n) is 2.72. The summed E-state index contributed by atoms with van der Waals surface area (Å²) in [5.74, 6) is 0.685. The SMILES string of the molecule is O=C(O)C1(C2(O)CCOCC2)CCCSC1. The summed E-state index contributed by atoms with van der Waals surface area (Å²) in [5, 5.41) is 20.1. The Labute approximate surface area is 99.4 Å². The van der Waals surface area contributed by atoms with E-state index in [4.69, 9.17) is 4.74 Å². The number of thioether (sulfide) groups is 1. The Morgan fingerprint density at radius 1 is 1.25 bits per heavy atom. The second kappa shape index (κ2) is 4.55. The molecule has 2 aliphatic heterocycles. The molecule has 2 aliphatic rings. The molecular weight excluding hydrogens is 228 g/mol. The number of carboxylic acid groups (broad SMARTS) is 1. The molecule has 16 heavy (non-hydrogen) atoms. The van der Waals surface area contributed by atoms with Gasteiger partial charge < -0.3 is 14.9 Å². The normalized spacial score (nSPS) is 34.6. The Bertz CT molecular complexity index is 267. The topological polar surface area (TPSA) is 66.8 Å². The van der Waals surface area contributed by atoms with Crippen LogP contribution in [0.2, 0.25) is 0 Å². The van der Waals surface area contributed by atoms with Gasteiger partial charge in [0.1, 0.15) is 5.41 Å². The van der Waals surface area contributed by atoms with Crippen LogP contribution in [0.5, 0.6) is 0 Å². The summed E-state index contributed by atoms with van der Waals surface area (Å²) in [5.41, 5.74) is -2.04. The molecule has 0 aromatic heterocycles. The van der Waals surface area contributed by atoms with Gasteiger partial charge >= 0.3 is 5.97 Å². The molecule has 0 saturated carbocycles. The Morgan fingerprint density at radius 2 is 1.94 bits per heavy atom. The third-order valence-electron chi connectivity index (χ3n) is 3.86. The van der Waals surface area contributed by atoms with Crippen molar-refractivity contribution in [3.63, 3.8) is 0 Å². The van der Waals surface area contributed by atoms with Crippen LogP contribution in [0.25, 0.3) is 0 Å². The number of carbonyl (C=O) groups is 1. The number of hydrogen-bond donors (Lipinski definition) is 2. The average molecular weight is 246 g/mol. The summed E-state index contributed by atoms with van der Waals surface area (Å²) in [6.07, 6.45) is 2.35. The van der Waals surface area contributed by atoms with E-state index in [0.717, 1.165) is 12.2 Å². The van der Waals surface area contributed by atoms with E-state index in [1.165, 1.54) is 0 Å². The maximum absolute atomic E-state index is 11.6. The van der Waals surface area contributed by atoms with Crippen molar-refractivity contribution in [2.45, 2.75) is 31.3 Å². The van der Waals surface area contributed by atoms with Gasteiger partial charge in [-0.2, -0.15) is 11.8 Å². The van der Waals surface area contributed by atoms with E-state index in [1.807, 2.05) is 0 Å². The maximum Gasteiger partial charge on any atom is 0.313 e. The van der Waals surface area contributed by atoms with E-state index in [2.05, 4.69) is 0 Å². The summed E-state index contributed by atoms with van der Waals surface area (Å²) >= 11 is 1.64. The fourth-order valence-corrected chi connectivity index (χ4v) is 4.09. The van der Waals surface area contributed by atoms with Crippen molar-refractivity contribution >= 4 is 17.7 Å². The number of aliphatic carboxylic acids is 1. The Morgan fingerprint density at radius 3 is 2.44 bits per heavy atom. The van der Waals surface area contributed by atoms with Crippen LogP contribution < -0.4 is 0 Å². The minimum atomic E-state index is -1.08. The van der Waals surface area contributed by atoms with Crippen molar-refractivity contribution in [3.8, 4) is 0 Å². The molecule has 5 heteroatoms. The summed E-state index contributed by atoms with van der Waals surface area (Å²) in [7, 11) is 0. The van der Waals surface area contributed by atoms with Crippen LogP contribution in [0.1, 0.15) is 25.7 Å². The van der Waals surface area contributed by atoms with Crippen LogP contribution >= 0.6 is 11.8 Å². The number of hydrogen-bond acceptors (Lipinski definition) is 4. The van der Waals surface area contributed by atoms with E-state index in [-0.39, 0.29) is 0 Å². The van der Waals surface area contributed by atoms with Crippen molar-refractivity contribution < 1.29 is 19.7 Å². The van der Waals surface area contributed by atoms with Crippen molar-refractivity contribution in [2.75, 3.05) is 24.7 Å². The first-order chi connectivity index (χ1) is 7.61. The lowest BCUT2D eigenvalue weighted by Crippen LogP contribution is -2.58. The van der Waals surface area contributed by atoms with E-state index in [9.17, 15) is 15.0 Å². The van der Waals surface area contributed by atoms with Crippen molar-refractivity contribution in [1.82, 2.24) is 0 Å². The minimum Gasteiger partial charge on any atom is -0.481 e. The Kier molecular flexibility index (Phi) is 3.47. The van der Waals surface area contributed by atoms with Gasteiger partial charge in [0, 0.05) is 31.8 Å². The predicted octanol–water partition coefficient (Wildman–Crippen LogP) is 1.13. The number of aliphatic hydroxyl groups is 1. The first kappa shape index (κ1) is 12.2. The van der Waals surface area contributed by atoms with Gasteiger partial charge in [0.15, 0.2) is 0 Å². The third-order valence-corrected chi connectivity index (χ3v) is 5.14. The van der Waals surface area contributed by atoms with Gasteiger partial charge in [-0.1, -0.05) is 0 Å². The largest absolute Gasteiger partial charge is 0.481 e. The minimum absolute atomic E-state index is 0.444. The highest BCUT2D eigenvalue weighted by atomic mass is 32.2. The van der Waals surface area contributed by atoms with Crippen LogP contribution in [0.15, 0.2) is 0 Å². The standard InChI is InChI=1S/C11H18O4S/c12-9(13)10(2-1-7-16-8-10)11(14)3-5-15-6-4-11/h14H,1-8H2,(H,12,13). The molecule has 1 unspecified atom stereocenters. The molecule has 2 N–H and O–H groups in total. The van der Waals surface area contributed by atoms with Crippen LogP contribution in [0.4, 0.5) is 0 Å². The van der Waals surface area contributed by atoms with Crippen molar-refractivity contribution in [3.05, 3.63) is 0 Å². The molecule has 0 amide bonds. The predicted molar refractivity (Wildman–Crippen MR) is 61.6 cm³/mol. The number of ether oxygens (including phenoxy) is 1. The lowest BCUT2D eigenvalue weighted by Gasteiger charge is -2.48. The van der Waals surface area contributed by atoms with E-state index in [1.54, 1.807) is 11.8 Å². The summed E-state index contributed by atoms with van der Waals surface area (Å²) in [4.78, 5) is 11.6. The second-order valence-corrected chi connectivity index (χ2v) is 5.79. The molecule has 4 nitrogen and oxygen atoms in total. The van der Waals surface area contributed by atoms with Gasteiger partial charge in [-0.15, -0.1) is 0 Å². The first-order valence-electron chi connectivity index (χ1n) is 5.72. The smallest absolute Gasteiger partial charge is 0.313 e. The lowest BCUT2D eigenvalue weighted by molar-refractivity contribution is -0.181. The summed E-state index contributed by atoms with van der Waals surface area (Å²) < 4.78 is 5.22. The maximum atomic E-state index is 11.6. The quantitative estimate of drug-likeness (QED) is 0.764. The molecule has 0 radical (unpaired) electrons. The van der Waals surface area contributed by atoms with Crippen LogP contribution in [-0.4, -0.2) is 46.5 Å². The summed E-state index contributed by atoms with van der Waals surface area (Å²) in [6.45, 7) is 0.937. The zero-order valence-electron chi connectivity index (χ0n) is 9.28. The molecule has 2 heterocycles. The zero-order chi connectivity index (χ0) is 11.6. The second-order valence-electron chi connectivity index (χ2n) is 4.69. The monoisotopic (exact) mass is 246 g/mol. The Hall–Kier alpha value is -0.260. The van der Waals surface area contributed by atoms with Crippen LogP contribution in [0, 0.1) is 5.41 Å². The van der Waals surface area contributed by atoms with Crippen LogP contribution in [-0.2, 0) is 9.53 Å². The average Bonchev–Trinajstić information content (AvgIpc) is 2.30. The lowest BCUT2D eigenvalue weighted by atomic mass is 9.66. The first-order valence-corrected chi connectivity index (χ1v) is 6.87. The highest BCUT2D eigenvalue weighted by Crippen LogP contribution is 2.47. The molecule has 92 valence electrons. The third kappa shape index (κ3) is 1.85. The molecule has 0 aliphatic carbocycles. The molecule has 1 atom stereocenters. The van der Waals surface area contributed by atoms with Gasteiger partial charge in [-0.25, -0.2) is 0 Å². The fraction of sp³-hybridized carbons (Fsp3) is 0.909. The molecule has 2 fully saturated rings. The molecular formula is C11H18O4S. The molecule has 0 aromatic rings. The number of rotatable bonds is 2. The van der Waals surface area contributed by atoms with Gasteiger partial charge in [-0.3, -0.25) is 4.79 Å². The molecule has 2 rings (SSSR count). The Balaban J connectivity index is 2.26. The van der Waals surface area contributed by atoms with E-state index >= 15 is 0 Å². The summed E-state index contributed by atoms with van der Waals surface area (Å²) in [6, 6.07) is 0. The zero-order valence-corrected chi connectivity index (χ0v) is 10.1. The van der Waals surface area contributed by atoms with Crippen molar-refractivity contribution in [2.24, 2.45) is 5.41 Å². The molecule has 0 aromatic carbocycles. The van der Waals surface area contributed by atoms with Crippen LogP contribution in [0.3, 0.4) is 0 Å². The van der Waals surface area contributed by atoms with E-state index in [0.29, 0.717) is 38.2 Å². The van der Waals surface area contributed by atoms with Gasteiger partial charge in [0.05, 0.1) is 5.60 Å². The highest BCUT2D eigenvalue weighted by Gasteiger charge is 2.56. The van der Waals surface area contributed by atoms with Crippen molar-refractivity contribution in [1.29, 1.82) is 0 Å². The van der Waals surface area contributed by atoms with Gasteiger partial charge in [0.25, 0.3) is 0 Å². The van der Waals surface area contributed by atoms with Gasteiger partial charge in [-0.05, 0) is 18.6 Å². The van der Waals surface area contributed by atoms with E-state index < -0.39 is 17.0 Å².